The standard InChI is InChI=1S/C15H15BrN2O3/c1-20-12-5-6-14(13(16)8-12)21-9-10-3-2-4-11(7-10)15(17)18-19/h2-8,19H,9H2,1H3,(H2,17,18). The zero-order valence-corrected chi connectivity index (χ0v) is 13.0. The van der Waals surface area contributed by atoms with E-state index < -0.39 is 0 Å². The van der Waals surface area contributed by atoms with Gasteiger partial charge >= 0.3 is 0 Å². The predicted octanol–water partition coefficient (Wildman–Crippen LogP) is 3.13. The van der Waals surface area contributed by atoms with Crippen LogP contribution in [0.4, 0.5) is 0 Å². The molecule has 2 aromatic rings. The Morgan fingerprint density at radius 2 is 2.10 bits per heavy atom. The summed E-state index contributed by atoms with van der Waals surface area (Å²) in [6, 6.07) is 12.8. The highest BCUT2D eigenvalue weighted by molar-refractivity contribution is 9.10. The van der Waals surface area contributed by atoms with Crippen LogP contribution in [0.1, 0.15) is 11.1 Å². The van der Waals surface area contributed by atoms with Crippen LogP contribution in [0.5, 0.6) is 11.5 Å². The van der Waals surface area contributed by atoms with Gasteiger partial charge in [0.25, 0.3) is 0 Å². The molecule has 0 aromatic heterocycles. The lowest BCUT2D eigenvalue weighted by molar-refractivity contribution is 0.303. The first-order chi connectivity index (χ1) is 10.1. The SMILES string of the molecule is COc1ccc(OCc2cccc(/C(N)=N/O)c2)c(Br)c1. The predicted molar refractivity (Wildman–Crippen MR) is 84.0 cm³/mol. The zero-order chi connectivity index (χ0) is 15.2. The quantitative estimate of drug-likeness (QED) is 0.376. The maximum Gasteiger partial charge on any atom is 0.170 e. The lowest BCUT2D eigenvalue weighted by Gasteiger charge is -2.10. The minimum Gasteiger partial charge on any atom is -0.497 e. The molecule has 0 saturated carbocycles. The van der Waals surface area contributed by atoms with E-state index in [9.17, 15) is 0 Å². The fraction of sp³-hybridized carbons (Fsp3) is 0.133. The van der Waals surface area contributed by atoms with Crippen LogP contribution in [0.15, 0.2) is 52.1 Å². The smallest absolute Gasteiger partial charge is 0.170 e. The van der Waals surface area contributed by atoms with E-state index in [0.717, 1.165) is 15.8 Å². The Balaban J connectivity index is 2.10. The average molecular weight is 351 g/mol. The minimum atomic E-state index is 0.0717. The molecule has 0 bridgehead atoms. The van der Waals surface area contributed by atoms with E-state index in [1.54, 1.807) is 13.2 Å². The van der Waals surface area contributed by atoms with Crippen LogP contribution in [0.2, 0.25) is 0 Å². The summed E-state index contributed by atoms with van der Waals surface area (Å²) in [6.07, 6.45) is 0. The fourth-order valence-corrected chi connectivity index (χ4v) is 2.24. The van der Waals surface area contributed by atoms with Gasteiger partial charge in [-0.2, -0.15) is 0 Å². The summed E-state index contributed by atoms with van der Waals surface area (Å²) in [5.74, 6) is 1.54. The van der Waals surface area contributed by atoms with Gasteiger partial charge in [-0.05, 0) is 45.8 Å². The highest BCUT2D eigenvalue weighted by Gasteiger charge is 2.05. The Morgan fingerprint density at radius 3 is 2.76 bits per heavy atom. The molecule has 0 unspecified atom stereocenters. The molecule has 0 aliphatic heterocycles. The molecular weight excluding hydrogens is 336 g/mol. The molecule has 0 radical (unpaired) electrons. The molecule has 0 atom stereocenters. The lowest BCUT2D eigenvalue weighted by atomic mass is 10.1. The Hall–Kier alpha value is -2.21. The number of methoxy groups -OCH3 is 1. The van der Waals surface area contributed by atoms with Crippen LogP contribution in [0, 0.1) is 0 Å². The van der Waals surface area contributed by atoms with E-state index in [1.807, 2.05) is 36.4 Å². The molecule has 0 saturated heterocycles. The minimum absolute atomic E-state index is 0.0717. The van der Waals surface area contributed by atoms with Crippen molar-refractivity contribution in [1.82, 2.24) is 0 Å². The monoisotopic (exact) mass is 350 g/mol. The number of nitrogens with zero attached hydrogens (tertiary/aromatic N) is 1. The Morgan fingerprint density at radius 1 is 1.29 bits per heavy atom. The Labute approximate surface area is 131 Å². The number of ether oxygens (including phenoxy) is 2. The van der Waals surface area contributed by atoms with E-state index >= 15 is 0 Å². The van der Waals surface area contributed by atoms with Crippen molar-refractivity contribution in [1.29, 1.82) is 0 Å². The summed E-state index contributed by atoms with van der Waals surface area (Å²) in [4.78, 5) is 0. The van der Waals surface area contributed by atoms with Crippen LogP contribution in [-0.2, 0) is 6.61 Å². The third-order valence-corrected chi connectivity index (χ3v) is 3.48. The summed E-state index contributed by atoms with van der Waals surface area (Å²) in [7, 11) is 1.61. The zero-order valence-electron chi connectivity index (χ0n) is 11.4. The van der Waals surface area contributed by atoms with Crippen molar-refractivity contribution in [2.75, 3.05) is 7.11 Å². The van der Waals surface area contributed by atoms with Crippen molar-refractivity contribution in [2.24, 2.45) is 10.9 Å². The number of nitrogens with two attached hydrogens (primary N) is 1. The second kappa shape index (κ2) is 6.99. The number of hydrogen-bond donors (Lipinski definition) is 2. The first-order valence-electron chi connectivity index (χ1n) is 6.17. The molecule has 0 aliphatic rings. The van der Waals surface area contributed by atoms with Gasteiger partial charge in [0.05, 0.1) is 11.6 Å². The molecule has 0 amide bonds. The maximum atomic E-state index is 8.69. The molecule has 21 heavy (non-hydrogen) atoms. The van der Waals surface area contributed by atoms with Gasteiger partial charge in [0.15, 0.2) is 5.84 Å². The van der Waals surface area contributed by atoms with Crippen molar-refractivity contribution in [2.45, 2.75) is 6.61 Å². The fourth-order valence-electron chi connectivity index (χ4n) is 1.76. The molecule has 3 N–H and O–H groups in total. The van der Waals surface area contributed by atoms with Crippen LogP contribution in [0.25, 0.3) is 0 Å². The summed E-state index contributed by atoms with van der Waals surface area (Å²) in [5.41, 5.74) is 7.13. The van der Waals surface area contributed by atoms with Gasteiger partial charge in [0.2, 0.25) is 0 Å². The van der Waals surface area contributed by atoms with E-state index in [4.69, 9.17) is 20.4 Å². The van der Waals surface area contributed by atoms with Gasteiger partial charge in [-0.25, -0.2) is 0 Å². The Bertz CT molecular complexity index is 659. The molecule has 0 heterocycles. The molecule has 2 rings (SSSR count). The highest BCUT2D eigenvalue weighted by Crippen LogP contribution is 2.29. The first kappa shape index (κ1) is 15.2. The second-order valence-corrected chi connectivity index (χ2v) is 5.12. The van der Waals surface area contributed by atoms with E-state index in [2.05, 4.69) is 21.1 Å². The largest absolute Gasteiger partial charge is 0.497 e. The number of rotatable bonds is 5. The van der Waals surface area contributed by atoms with Crippen LogP contribution >= 0.6 is 15.9 Å². The van der Waals surface area contributed by atoms with Crippen LogP contribution in [0.3, 0.4) is 0 Å². The number of oxime groups is 1. The van der Waals surface area contributed by atoms with E-state index in [-0.39, 0.29) is 5.84 Å². The molecule has 2 aromatic carbocycles. The number of hydrogen-bond acceptors (Lipinski definition) is 4. The summed E-state index contributed by atoms with van der Waals surface area (Å²) in [6.45, 7) is 0.372. The average Bonchev–Trinajstić information content (AvgIpc) is 2.53. The van der Waals surface area contributed by atoms with E-state index in [0.29, 0.717) is 17.9 Å². The number of benzene rings is 2. The van der Waals surface area contributed by atoms with Crippen molar-refractivity contribution in [3.63, 3.8) is 0 Å². The van der Waals surface area contributed by atoms with Crippen LogP contribution < -0.4 is 15.2 Å². The van der Waals surface area contributed by atoms with Gasteiger partial charge in [-0.3, -0.25) is 0 Å². The summed E-state index contributed by atoms with van der Waals surface area (Å²) < 4.78 is 11.7. The molecule has 110 valence electrons. The van der Waals surface area contributed by atoms with Crippen molar-refractivity contribution in [3.05, 3.63) is 58.1 Å². The normalized spacial score (nSPS) is 11.2. The van der Waals surface area contributed by atoms with E-state index in [1.165, 1.54) is 0 Å². The molecule has 0 fully saturated rings. The third kappa shape index (κ3) is 3.88. The number of halogens is 1. The molecule has 0 spiro atoms. The summed E-state index contributed by atoms with van der Waals surface area (Å²) >= 11 is 3.43. The molecule has 5 nitrogen and oxygen atoms in total. The molecular formula is C15H15BrN2O3. The maximum absolute atomic E-state index is 8.69. The first-order valence-corrected chi connectivity index (χ1v) is 6.96. The molecule has 6 heteroatoms. The lowest BCUT2D eigenvalue weighted by Crippen LogP contribution is -2.13. The molecule has 0 aliphatic carbocycles. The topological polar surface area (TPSA) is 77.1 Å². The van der Waals surface area contributed by atoms with Gasteiger partial charge in [-0.1, -0.05) is 23.4 Å². The Kier molecular flexibility index (Phi) is 5.05. The van der Waals surface area contributed by atoms with Gasteiger partial charge in [0, 0.05) is 5.56 Å². The number of amidine groups is 1. The summed E-state index contributed by atoms with van der Waals surface area (Å²) in [5, 5.41) is 11.7. The van der Waals surface area contributed by atoms with Gasteiger partial charge in [0.1, 0.15) is 18.1 Å². The van der Waals surface area contributed by atoms with Gasteiger partial charge in [-0.15, -0.1) is 0 Å². The van der Waals surface area contributed by atoms with Crippen molar-refractivity contribution >= 4 is 21.8 Å². The van der Waals surface area contributed by atoms with Crippen LogP contribution in [-0.4, -0.2) is 18.2 Å². The van der Waals surface area contributed by atoms with Gasteiger partial charge < -0.3 is 20.4 Å². The van der Waals surface area contributed by atoms with Crippen molar-refractivity contribution < 1.29 is 14.7 Å². The highest BCUT2D eigenvalue weighted by atomic mass is 79.9. The van der Waals surface area contributed by atoms with Crippen molar-refractivity contribution in [3.8, 4) is 11.5 Å². The third-order valence-electron chi connectivity index (χ3n) is 2.86. The second-order valence-electron chi connectivity index (χ2n) is 4.27.